The van der Waals surface area contributed by atoms with Gasteiger partial charge in [0.2, 0.25) is 15.9 Å². The largest absolute Gasteiger partial charge is 0.339 e. The van der Waals surface area contributed by atoms with Crippen molar-refractivity contribution in [1.29, 1.82) is 0 Å². The van der Waals surface area contributed by atoms with E-state index in [9.17, 15) is 30.4 Å². The molecule has 0 spiro atoms. The summed E-state index contributed by atoms with van der Waals surface area (Å²) in [6.07, 6.45) is 0. The van der Waals surface area contributed by atoms with Gasteiger partial charge in [0.25, 0.3) is 0 Å². The predicted molar refractivity (Wildman–Crippen MR) is 95.5 cm³/mol. The summed E-state index contributed by atoms with van der Waals surface area (Å²) in [5, 5.41) is -0.846. The summed E-state index contributed by atoms with van der Waals surface area (Å²) in [5.41, 5.74) is 0. The fraction of sp³-hybridized carbons (Fsp3) is 0.235. The Balaban J connectivity index is 1.57. The molecule has 1 heterocycles. The fourth-order valence-corrected chi connectivity index (χ4v) is 5.30. The number of benzene rings is 2. The fourth-order valence-electron chi connectivity index (χ4n) is 2.64. The molecule has 0 aromatic heterocycles. The van der Waals surface area contributed by atoms with Gasteiger partial charge in [0.1, 0.15) is 16.9 Å². The molecule has 0 radical (unpaired) electrons. The van der Waals surface area contributed by atoms with Crippen LogP contribution >= 0.6 is 0 Å². The van der Waals surface area contributed by atoms with Gasteiger partial charge in [0, 0.05) is 13.1 Å². The number of nitrogens with zero attached hydrogens (tertiary/aromatic N) is 1. The van der Waals surface area contributed by atoms with Crippen LogP contribution in [0.2, 0.25) is 0 Å². The number of sulfonamides is 1. The van der Waals surface area contributed by atoms with Crippen molar-refractivity contribution in [2.45, 2.75) is 15.0 Å². The van der Waals surface area contributed by atoms with Gasteiger partial charge in [-0.1, -0.05) is 6.07 Å². The van der Waals surface area contributed by atoms with Crippen molar-refractivity contribution in [2.75, 3.05) is 19.6 Å². The number of likely N-dealkylation sites (tertiary alicyclic amines) is 1. The molecular weight excluding hydrogens is 414 g/mol. The van der Waals surface area contributed by atoms with Gasteiger partial charge in [-0.3, -0.25) is 4.79 Å². The minimum absolute atomic E-state index is 0.0437. The van der Waals surface area contributed by atoms with Crippen LogP contribution in [0.25, 0.3) is 0 Å². The molecule has 1 aliphatic rings. The average Bonchev–Trinajstić information content (AvgIpc) is 2.59. The zero-order chi connectivity index (χ0) is 20.5. The number of halogens is 2. The van der Waals surface area contributed by atoms with E-state index in [1.54, 1.807) is 0 Å². The second-order valence-electron chi connectivity index (χ2n) is 6.20. The van der Waals surface area contributed by atoms with Crippen LogP contribution in [-0.2, 0) is 24.7 Å². The Labute approximate surface area is 160 Å². The topological polar surface area (TPSA) is 101 Å². The maximum absolute atomic E-state index is 13.2. The Morgan fingerprint density at radius 1 is 0.964 bits per heavy atom. The second-order valence-corrected chi connectivity index (χ2v) is 10.2. The van der Waals surface area contributed by atoms with Crippen molar-refractivity contribution in [1.82, 2.24) is 9.62 Å². The number of carbonyl (C=O) groups excluding carboxylic acids is 1. The number of sulfone groups is 1. The monoisotopic (exact) mass is 430 g/mol. The van der Waals surface area contributed by atoms with E-state index in [1.165, 1.54) is 17.0 Å². The van der Waals surface area contributed by atoms with Crippen LogP contribution < -0.4 is 4.72 Å². The molecule has 28 heavy (non-hydrogen) atoms. The molecule has 0 aliphatic carbocycles. The molecule has 2 aromatic carbocycles. The molecule has 0 saturated carbocycles. The Hall–Kier alpha value is -2.37. The lowest BCUT2D eigenvalue weighted by Crippen LogP contribution is -2.58. The van der Waals surface area contributed by atoms with Crippen LogP contribution in [0.5, 0.6) is 0 Å². The van der Waals surface area contributed by atoms with Crippen molar-refractivity contribution >= 4 is 25.8 Å². The first-order valence-electron chi connectivity index (χ1n) is 8.12. The summed E-state index contributed by atoms with van der Waals surface area (Å²) < 4.78 is 77.2. The number of amides is 1. The zero-order valence-corrected chi connectivity index (χ0v) is 16.0. The molecule has 1 saturated heterocycles. The number of hydrogen-bond donors (Lipinski definition) is 1. The molecule has 11 heteroatoms. The molecule has 3 rings (SSSR count). The normalized spacial score (nSPS) is 15.3. The van der Waals surface area contributed by atoms with Crippen LogP contribution in [0.3, 0.4) is 0 Å². The molecule has 0 atom stereocenters. The van der Waals surface area contributed by atoms with E-state index >= 15 is 0 Å². The lowest BCUT2D eigenvalue weighted by molar-refractivity contribution is -0.133. The molecule has 150 valence electrons. The van der Waals surface area contributed by atoms with Gasteiger partial charge in [-0.05, 0) is 42.5 Å². The Bertz CT molecular complexity index is 1100. The summed E-state index contributed by atoms with van der Waals surface area (Å²) in [5.74, 6) is -1.90. The molecule has 0 unspecified atom stereocenters. The molecule has 1 fully saturated rings. The van der Waals surface area contributed by atoms with Gasteiger partial charge < -0.3 is 4.90 Å². The molecule has 2 aromatic rings. The van der Waals surface area contributed by atoms with Gasteiger partial charge in [-0.15, -0.1) is 0 Å². The molecule has 1 amide bonds. The predicted octanol–water partition coefficient (Wildman–Crippen LogP) is 0.928. The minimum Gasteiger partial charge on any atom is -0.339 e. The summed E-state index contributed by atoms with van der Waals surface area (Å²) in [7, 11) is -7.79. The van der Waals surface area contributed by atoms with Crippen LogP contribution in [0.15, 0.2) is 58.3 Å². The van der Waals surface area contributed by atoms with Crippen LogP contribution in [-0.4, -0.2) is 52.5 Å². The van der Waals surface area contributed by atoms with Gasteiger partial charge in [-0.2, -0.15) is 0 Å². The molecule has 1 N–H and O–H groups in total. The highest BCUT2D eigenvalue weighted by Crippen LogP contribution is 2.24. The van der Waals surface area contributed by atoms with E-state index in [0.717, 1.165) is 36.4 Å². The maximum atomic E-state index is 13.2. The summed E-state index contributed by atoms with van der Waals surface area (Å²) >= 11 is 0. The van der Waals surface area contributed by atoms with E-state index < -0.39 is 49.2 Å². The molecule has 7 nitrogen and oxygen atoms in total. The lowest BCUT2D eigenvalue weighted by atomic mass is 10.2. The highest BCUT2D eigenvalue weighted by Gasteiger charge is 2.40. The van der Waals surface area contributed by atoms with Crippen molar-refractivity contribution in [3.05, 3.63) is 60.2 Å². The third-order valence-corrected chi connectivity index (χ3v) is 7.81. The van der Waals surface area contributed by atoms with Gasteiger partial charge in [-0.25, -0.2) is 30.3 Å². The number of rotatable bonds is 6. The number of nitrogens with one attached hydrogen (secondary N) is 1. The first-order valence-corrected chi connectivity index (χ1v) is 11.1. The van der Waals surface area contributed by atoms with Crippen LogP contribution in [0, 0.1) is 11.6 Å². The highest BCUT2D eigenvalue weighted by molar-refractivity contribution is 7.92. The average molecular weight is 430 g/mol. The first-order chi connectivity index (χ1) is 13.1. The third-order valence-electron chi connectivity index (χ3n) is 4.30. The minimum atomic E-state index is -4.08. The van der Waals surface area contributed by atoms with Gasteiger partial charge in [0.05, 0.1) is 16.3 Å². The zero-order valence-electron chi connectivity index (χ0n) is 14.4. The van der Waals surface area contributed by atoms with Gasteiger partial charge >= 0.3 is 0 Å². The van der Waals surface area contributed by atoms with Crippen molar-refractivity contribution < 1.29 is 30.4 Å². The summed E-state index contributed by atoms with van der Waals surface area (Å²) in [4.78, 5) is 12.9. The van der Waals surface area contributed by atoms with E-state index in [2.05, 4.69) is 4.72 Å². The van der Waals surface area contributed by atoms with Crippen LogP contribution in [0.1, 0.15) is 0 Å². The van der Waals surface area contributed by atoms with E-state index in [0.29, 0.717) is 0 Å². The first kappa shape index (κ1) is 20.4. The Morgan fingerprint density at radius 2 is 1.61 bits per heavy atom. The van der Waals surface area contributed by atoms with Crippen molar-refractivity contribution in [3.8, 4) is 0 Å². The Morgan fingerprint density at radius 3 is 2.21 bits per heavy atom. The second kappa shape index (κ2) is 7.57. The number of hydrogen-bond acceptors (Lipinski definition) is 5. The smallest absolute Gasteiger partial charge is 0.241 e. The molecule has 1 aliphatic heterocycles. The summed E-state index contributed by atoms with van der Waals surface area (Å²) in [6, 6.07) is 8.71. The van der Waals surface area contributed by atoms with Crippen molar-refractivity contribution in [2.24, 2.45) is 0 Å². The van der Waals surface area contributed by atoms with E-state index in [1.807, 2.05) is 0 Å². The van der Waals surface area contributed by atoms with E-state index in [4.69, 9.17) is 0 Å². The Kier molecular flexibility index (Phi) is 5.50. The van der Waals surface area contributed by atoms with Gasteiger partial charge in [0.15, 0.2) is 9.84 Å². The third kappa shape index (κ3) is 4.21. The summed E-state index contributed by atoms with van der Waals surface area (Å²) in [6.45, 7) is -0.775. The maximum Gasteiger partial charge on any atom is 0.241 e. The molecular formula is C17H16F2N2O5S2. The molecule has 0 bridgehead atoms. The standard InChI is InChI=1S/C17H16F2N2O5S2/c18-12-4-6-14(7-5-12)27(23,24)16-10-21(11-16)17(22)9-20-28(25,26)15-3-1-2-13(19)8-15/h1-8,16,20H,9-11H2. The van der Waals surface area contributed by atoms with Crippen molar-refractivity contribution in [3.63, 3.8) is 0 Å². The highest BCUT2D eigenvalue weighted by atomic mass is 32.2. The number of carbonyl (C=O) groups is 1. The SMILES string of the molecule is O=C(CNS(=O)(=O)c1cccc(F)c1)N1CC(S(=O)(=O)c2ccc(F)cc2)C1. The quantitative estimate of drug-likeness (QED) is 0.687. The lowest BCUT2D eigenvalue weighted by Gasteiger charge is -2.38. The van der Waals surface area contributed by atoms with E-state index in [-0.39, 0.29) is 22.9 Å². The van der Waals surface area contributed by atoms with Crippen LogP contribution in [0.4, 0.5) is 8.78 Å².